The highest BCUT2D eigenvalue weighted by Crippen LogP contribution is 2.40. The van der Waals surface area contributed by atoms with Gasteiger partial charge in [0.1, 0.15) is 11.4 Å². The number of benzene rings is 1. The monoisotopic (exact) mass is 315 g/mol. The summed E-state index contributed by atoms with van der Waals surface area (Å²) in [6, 6.07) is 6.14. The van der Waals surface area contributed by atoms with Crippen LogP contribution < -0.4 is 9.64 Å². The topological polar surface area (TPSA) is 59.8 Å². The zero-order chi connectivity index (χ0) is 15.9. The molecule has 0 aliphatic carbocycles. The predicted molar refractivity (Wildman–Crippen MR) is 86.4 cm³/mol. The van der Waals surface area contributed by atoms with E-state index in [-0.39, 0.29) is 6.61 Å². The zero-order valence-electron chi connectivity index (χ0n) is 13.2. The lowest BCUT2D eigenvalue weighted by atomic mass is 9.99. The molecule has 2 aromatic rings. The number of aromatic nitrogens is 2. The van der Waals surface area contributed by atoms with Gasteiger partial charge in [-0.1, -0.05) is 0 Å². The van der Waals surface area contributed by atoms with Crippen molar-refractivity contribution < 1.29 is 14.6 Å². The molecular formula is C17H21N3O3. The summed E-state index contributed by atoms with van der Waals surface area (Å²) in [7, 11) is 0. The molecule has 2 aliphatic heterocycles. The van der Waals surface area contributed by atoms with Gasteiger partial charge in [-0.3, -0.25) is 0 Å². The lowest BCUT2D eigenvalue weighted by Crippen LogP contribution is -2.37. The number of morpholine rings is 1. The van der Waals surface area contributed by atoms with Gasteiger partial charge >= 0.3 is 0 Å². The van der Waals surface area contributed by atoms with Crippen LogP contribution in [0.4, 0.5) is 5.69 Å². The molecular weight excluding hydrogens is 294 g/mol. The normalized spacial score (nSPS) is 23.7. The molecule has 0 bridgehead atoms. The molecule has 3 heterocycles. The molecule has 1 aromatic heterocycles. The van der Waals surface area contributed by atoms with Crippen LogP contribution in [0.3, 0.4) is 0 Å². The van der Waals surface area contributed by atoms with Gasteiger partial charge in [0.25, 0.3) is 0 Å². The SMILES string of the molecule is CC1(CO)Cc2cc(-n3cccn3)c(N3CCOCC3)cc2O1. The molecule has 1 atom stereocenters. The Hall–Kier alpha value is -2.05. The van der Waals surface area contributed by atoms with E-state index in [1.54, 1.807) is 6.20 Å². The van der Waals surface area contributed by atoms with Gasteiger partial charge < -0.3 is 19.5 Å². The van der Waals surface area contributed by atoms with Gasteiger partial charge in [0.15, 0.2) is 0 Å². The van der Waals surface area contributed by atoms with Crippen molar-refractivity contribution >= 4 is 5.69 Å². The smallest absolute Gasteiger partial charge is 0.133 e. The zero-order valence-corrected chi connectivity index (χ0v) is 13.2. The molecule has 23 heavy (non-hydrogen) atoms. The molecule has 0 amide bonds. The third kappa shape index (κ3) is 2.58. The molecule has 0 spiro atoms. The maximum Gasteiger partial charge on any atom is 0.133 e. The first-order valence-corrected chi connectivity index (χ1v) is 7.98. The quantitative estimate of drug-likeness (QED) is 0.928. The van der Waals surface area contributed by atoms with Crippen LogP contribution >= 0.6 is 0 Å². The van der Waals surface area contributed by atoms with Gasteiger partial charge in [-0.2, -0.15) is 5.10 Å². The van der Waals surface area contributed by atoms with Crippen molar-refractivity contribution in [3.8, 4) is 11.4 Å². The van der Waals surface area contributed by atoms with E-state index in [0.29, 0.717) is 6.42 Å². The van der Waals surface area contributed by atoms with Gasteiger partial charge in [-0.05, 0) is 19.1 Å². The van der Waals surface area contributed by atoms with Gasteiger partial charge in [-0.25, -0.2) is 4.68 Å². The second-order valence-electron chi connectivity index (χ2n) is 6.39. The molecule has 1 N–H and O–H groups in total. The van der Waals surface area contributed by atoms with E-state index in [1.165, 1.54) is 0 Å². The Morgan fingerprint density at radius 3 is 2.78 bits per heavy atom. The standard InChI is InChI=1S/C17H21N3O3/c1-17(12-21)11-13-9-15(20-4-2-3-18-20)14(10-16(13)23-17)19-5-7-22-8-6-19/h2-4,9-10,21H,5-8,11-12H2,1H3. The summed E-state index contributed by atoms with van der Waals surface area (Å²) in [5, 5.41) is 14.0. The molecule has 6 nitrogen and oxygen atoms in total. The molecule has 1 saturated heterocycles. The van der Waals surface area contributed by atoms with E-state index in [2.05, 4.69) is 22.1 Å². The molecule has 0 saturated carbocycles. The molecule has 0 radical (unpaired) electrons. The number of hydrogen-bond donors (Lipinski definition) is 1. The van der Waals surface area contributed by atoms with Crippen LogP contribution in [-0.2, 0) is 11.2 Å². The molecule has 4 rings (SSSR count). The van der Waals surface area contributed by atoms with Crippen molar-refractivity contribution in [1.82, 2.24) is 9.78 Å². The summed E-state index contributed by atoms with van der Waals surface area (Å²) >= 11 is 0. The number of rotatable bonds is 3. The highest BCUT2D eigenvalue weighted by Gasteiger charge is 2.35. The Kier molecular flexibility index (Phi) is 3.50. The summed E-state index contributed by atoms with van der Waals surface area (Å²) < 4.78 is 13.4. The minimum Gasteiger partial charge on any atom is -0.484 e. The summed E-state index contributed by atoms with van der Waals surface area (Å²) in [6.07, 6.45) is 4.44. The molecule has 122 valence electrons. The van der Waals surface area contributed by atoms with E-state index in [9.17, 15) is 5.11 Å². The highest BCUT2D eigenvalue weighted by atomic mass is 16.5. The summed E-state index contributed by atoms with van der Waals surface area (Å²) in [5.41, 5.74) is 2.72. The van der Waals surface area contributed by atoms with E-state index in [0.717, 1.165) is 49.0 Å². The van der Waals surface area contributed by atoms with Crippen LogP contribution in [0.25, 0.3) is 5.69 Å². The fourth-order valence-corrected chi connectivity index (χ4v) is 3.28. The van der Waals surface area contributed by atoms with Crippen LogP contribution in [0.15, 0.2) is 30.6 Å². The minimum absolute atomic E-state index is 0.00563. The van der Waals surface area contributed by atoms with Crippen molar-refractivity contribution in [3.05, 3.63) is 36.2 Å². The number of hydrogen-bond acceptors (Lipinski definition) is 5. The second-order valence-corrected chi connectivity index (χ2v) is 6.39. The number of aliphatic hydroxyl groups is 1. The Balaban J connectivity index is 1.79. The Labute approximate surface area is 135 Å². The Bertz CT molecular complexity index is 695. The Morgan fingerprint density at radius 1 is 1.26 bits per heavy atom. The Morgan fingerprint density at radius 2 is 2.09 bits per heavy atom. The van der Waals surface area contributed by atoms with Crippen molar-refractivity contribution in [3.63, 3.8) is 0 Å². The van der Waals surface area contributed by atoms with Crippen LogP contribution in [0.1, 0.15) is 12.5 Å². The summed E-state index contributed by atoms with van der Waals surface area (Å²) in [4.78, 5) is 2.30. The highest BCUT2D eigenvalue weighted by molar-refractivity contribution is 5.68. The maximum absolute atomic E-state index is 9.60. The van der Waals surface area contributed by atoms with E-state index in [4.69, 9.17) is 9.47 Å². The van der Waals surface area contributed by atoms with Crippen molar-refractivity contribution in [1.29, 1.82) is 0 Å². The van der Waals surface area contributed by atoms with E-state index >= 15 is 0 Å². The number of anilines is 1. The fraction of sp³-hybridized carbons (Fsp3) is 0.471. The number of aliphatic hydroxyl groups excluding tert-OH is 1. The average molecular weight is 315 g/mol. The van der Waals surface area contributed by atoms with Crippen LogP contribution in [0, 0.1) is 0 Å². The second kappa shape index (κ2) is 5.54. The molecule has 6 heteroatoms. The van der Waals surface area contributed by atoms with Crippen LogP contribution in [-0.4, -0.2) is 53.4 Å². The van der Waals surface area contributed by atoms with Gasteiger partial charge in [0.05, 0.1) is 31.2 Å². The molecule has 1 unspecified atom stereocenters. The fourth-order valence-electron chi connectivity index (χ4n) is 3.28. The third-order valence-electron chi connectivity index (χ3n) is 4.52. The first-order valence-electron chi connectivity index (χ1n) is 7.98. The summed E-state index contributed by atoms with van der Waals surface area (Å²) in [6.45, 7) is 5.10. The van der Waals surface area contributed by atoms with Crippen molar-refractivity contribution in [2.45, 2.75) is 18.9 Å². The predicted octanol–water partition coefficient (Wildman–Crippen LogP) is 1.39. The first kappa shape index (κ1) is 14.5. The first-order chi connectivity index (χ1) is 11.2. The number of fused-ring (bicyclic) bond motifs is 1. The van der Waals surface area contributed by atoms with Gasteiger partial charge in [0, 0.05) is 43.5 Å². The van der Waals surface area contributed by atoms with E-state index < -0.39 is 5.60 Å². The minimum atomic E-state index is -0.534. The van der Waals surface area contributed by atoms with Crippen LogP contribution in [0.2, 0.25) is 0 Å². The van der Waals surface area contributed by atoms with Gasteiger partial charge in [0.2, 0.25) is 0 Å². The number of ether oxygens (including phenoxy) is 2. The molecule has 2 aliphatic rings. The van der Waals surface area contributed by atoms with E-state index in [1.807, 2.05) is 23.9 Å². The number of nitrogens with zero attached hydrogens (tertiary/aromatic N) is 3. The van der Waals surface area contributed by atoms with Crippen molar-refractivity contribution in [2.24, 2.45) is 0 Å². The summed E-state index contributed by atoms with van der Waals surface area (Å²) in [5.74, 6) is 0.860. The lowest BCUT2D eigenvalue weighted by molar-refractivity contribution is 0.0446. The molecule has 1 aromatic carbocycles. The average Bonchev–Trinajstić information content (AvgIpc) is 3.21. The third-order valence-corrected chi connectivity index (χ3v) is 4.52. The van der Waals surface area contributed by atoms with Gasteiger partial charge in [-0.15, -0.1) is 0 Å². The lowest BCUT2D eigenvalue weighted by Gasteiger charge is -2.31. The van der Waals surface area contributed by atoms with Crippen molar-refractivity contribution in [2.75, 3.05) is 37.8 Å². The molecule has 1 fully saturated rings. The van der Waals surface area contributed by atoms with Crippen LogP contribution in [0.5, 0.6) is 5.75 Å². The largest absolute Gasteiger partial charge is 0.484 e. The maximum atomic E-state index is 9.60.